The second kappa shape index (κ2) is 3.89. The van der Waals surface area contributed by atoms with Crippen molar-refractivity contribution in [2.45, 2.75) is 40.0 Å². The molecule has 0 fully saturated rings. The monoisotopic (exact) mass is 130 g/mol. The number of aliphatic hydroxyl groups excluding tert-OH is 1. The van der Waals surface area contributed by atoms with Gasteiger partial charge in [0.2, 0.25) is 0 Å². The Morgan fingerprint density at radius 2 is 1.89 bits per heavy atom. The Balaban J connectivity index is 3.62. The normalized spacial score (nSPS) is 17.3. The van der Waals surface area contributed by atoms with Gasteiger partial charge < -0.3 is 5.11 Å². The third-order valence-corrected chi connectivity index (χ3v) is 2.09. The highest BCUT2D eigenvalue weighted by Crippen LogP contribution is 2.25. The van der Waals surface area contributed by atoms with Crippen LogP contribution in [0.15, 0.2) is 0 Å². The molecule has 0 spiro atoms. The van der Waals surface area contributed by atoms with Crippen LogP contribution < -0.4 is 0 Å². The molecule has 1 nitrogen and oxygen atoms in total. The number of hydrogen-bond acceptors (Lipinski definition) is 1. The predicted octanol–water partition coefficient (Wildman–Crippen LogP) is 2.20. The lowest BCUT2D eigenvalue weighted by Gasteiger charge is -2.24. The minimum Gasteiger partial charge on any atom is -0.396 e. The molecule has 0 aromatic carbocycles. The van der Waals surface area contributed by atoms with Crippen LogP contribution in [-0.2, 0) is 0 Å². The second-order valence-electron chi connectivity index (χ2n) is 3.07. The zero-order valence-electron chi connectivity index (χ0n) is 6.78. The van der Waals surface area contributed by atoms with Crippen LogP contribution in [0.3, 0.4) is 0 Å². The van der Waals surface area contributed by atoms with E-state index in [2.05, 4.69) is 20.8 Å². The van der Waals surface area contributed by atoms with Crippen LogP contribution in [0.2, 0.25) is 0 Å². The van der Waals surface area contributed by atoms with Crippen molar-refractivity contribution in [3.8, 4) is 0 Å². The van der Waals surface area contributed by atoms with Gasteiger partial charge in [-0.2, -0.15) is 0 Å². The molecule has 0 amide bonds. The van der Waals surface area contributed by atoms with E-state index < -0.39 is 0 Å². The lowest BCUT2D eigenvalue weighted by molar-refractivity contribution is 0.127. The Labute approximate surface area is 58.1 Å². The van der Waals surface area contributed by atoms with E-state index in [4.69, 9.17) is 5.11 Å². The van der Waals surface area contributed by atoms with Gasteiger partial charge in [-0.05, 0) is 18.3 Å². The van der Waals surface area contributed by atoms with Crippen LogP contribution in [0, 0.1) is 5.41 Å². The van der Waals surface area contributed by atoms with Crippen molar-refractivity contribution in [1.29, 1.82) is 0 Å². The Bertz CT molecular complexity index is 65.0. The third-order valence-electron chi connectivity index (χ3n) is 2.09. The van der Waals surface area contributed by atoms with Crippen LogP contribution in [0.25, 0.3) is 0 Å². The molecule has 0 heterocycles. The summed E-state index contributed by atoms with van der Waals surface area (Å²) in [6, 6.07) is 0. The van der Waals surface area contributed by atoms with Gasteiger partial charge in [-0.25, -0.2) is 0 Å². The average molecular weight is 130 g/mol. The highest BCUT2D eigenvalue weighted by Gasteiger charge is 2.18. The molecule has 0 aliphatic carbocycles. The van der Waals surface area contributed by atoms with E-state index in [1.807, 2.05) is 0 Å². The molecule has 0 aliphatic rings. The van der Waals surface area contributed by atoms with Gasteiger partial charge >= 0.3 is 0 Å². The molecule has 0 bridgehead atoms. The first-order valence-electron chi connectivity index (χ1n) is 3.79. The number of aliphatic hydroxyl groups is 1. The van der Waals surface area contributed by atoms with Crippen LogP contribution in [0.5, 0.6) is 0 Å². The molecule has 1 atom stereocenters. The third kappa shape index (κ3) is 2.85. The maximum absolute atomic E-state index is 8.92. The van der Waals surface area contributed by atoms with E-state index in [9.17, 15) is 0 Å². The summed E-state index contributed by atoms with van der Waals surface area (Å²) in [5.41, 5.74) is 0.189. The van der Waals surface area contributed by atoms with Gasteiger partial charge in [-0.15, -0.1) is 0 Å². The lowest BCUT2D eigenvalue weighted by Crippen LogP contribution is -2.19. The van der Waals surface area contributed by atoms with Gasteiger partial charge in [-0.1, -0.05) is 27.2 Å². The van der Waals surface area contributed by atoms with Gasteiger partial charge in [0.1, 0.15) is 0 Å². The van der Waals surface area contributed by atoms with Crippen molar-refractivity contribution in [3.05, 3.63) is 0 Å². The molecule has 56 valence electrons. The van der Waals surface area contributed by atoms with Crippen molar-refractivity contribution in [2.24, 2.45) is 5.41 Å². The number of rotatable bonds is 4. The lowest BCUT2D eigenvalue weighted by atomic mass is 9.84. The van der Waals surface area contributed by atoms with Crippen molar-refractivity contribution < 1.29 is 5.11 Å². The smallest absolute Gasteiger partial charge is 0.0484 e. The fourth-order valence-electron chi connectivity index (χ4n) is 0.971. The van der Waals surface area contributed by atoms with E-state index in [-0.39, 0.29) is 5.41 Å². The highest BCUT2D eigenvalue weighted by molar-refractivity contribution is 4.69. The fourth-order valence-corrected chi connectivity index (χ4v) is 0.971. The molecule has 0 saturated heterocycles. The van der Waals surface area contributed by atoms with Crippen LogP contribution >= 0.6 is 0 Å². The van der Waals surface area contributed by atoms with Gasteiger partial charge in [0.15, 0.2) is 0 Å². The summed E-state index contributed by atoms with van der Waals surface area (Å²) in [6.07, 6.45) is 3.39. The molecule has 9 heavy (non-hydrogen) atoms. The van der Waals surface area contributed by atoms with E-state index in [1.165, 1.54) is 6.42 Å². The zero-order valence-corrected chi connectivity index (χ0v) is 6.78. The minimum atomic E-state index is 0.189. The predicted molar refractivity (Wildman–Crippen MR) is 40.4 cm³/mol. The topological polar surface area (TPSA) is 20.2 Å². The largest absolute Gasteiger partial charge is 0.396 e. The molecule has 1 N–H and O–H groups in total. The average Bonchev–Trinajstić information content (AvgIpc) is 1.89. The van der Waals surface area contributed by atoms with Crippen molar-refractivity contribution in [3.63, 3.8) is 0 Å². The van der Waals surface area contributed by atoms with E-state index in [0.29, 0.717) is 6.61 Å². The summed E-state index contributed by atoms with van der Waals surface area (Å²) in [5, 5.41) is 8.92. The molecule has 1 heteroatoms. The standard InChI is InChI=1S/C8H18O/c1-4-6-8(3,5-2)7-9/h9H,4-7H2,1-3H3. The summed E-state index contributed by atoms with van der Waals surface area (Å²) < 4.78 is 0. The SMILES string of the molecule is CCCC(C)(CC)CO. The minimum absolute atomic E-state index is 0.189. The summed E-state index contributed by atoms with van der Waals surface area (Å²) in [7, 11) is 0. The van der Waals surface area contributed by atoms with Crippen molar-refractivity contribution in [2.75, 3.05) is 6.61 Å². The first-order valence-corrected chi connectivity index (χ1v) is 3.79. The highest BCUT2D eigenvalue weighted by atomic mass is 16.3. The zero-order chi connectivity index (χ0) is 7.33. The first-order chi connectivity index (χ1) is 4.18. The van der Waals surface area contributed by atoms with E-state index in [1.54, 1.807) is 0 Å². The molecule has 0 radical (unpaired) electrons. The van der Waals surface area contributed by atoms with Crippen molar-refractivity contribution >= 4 is 0 Å². The molecular formula is C8H18O. The Kier molecular flexibility index (Phi) is 3.87. The van der Waals surface area contributed by atoms with Crippen molar-refractivity contribution in [1.82, 2.24) is 0 Å². The van der Waals surface area contributed by atoms with Crippen LogP contribution in [0.1, 0.15) is 40.0 Å². The summed E-state index contributed by atoms with van der Waals surface area (Å²) in [4.78, 5) is 0. The Morgan fingerprint density at radius 3 is 2.00 bits per heavy atom. The molecule has 0 saturated carbocycles. The van der Waals surface area contributed by atoms with E-state index in [0.717, 1.165) is 12.8 Å². The molecular weight excluding hydrogens is 112 g/mol. The number of hydrogen-bond donors (Lipinski definition) is 1. The summed E-state index contributed by atoms with van der Waals surface area (Å²) >= 11 is 0. The fraction of sp³-hybridized carbons (Fsp3) is 1.00. The van der Waals surface area contributed by atoms with Gasteiger partial charge in [0.25, 0.3) is 0 Å². The van der Waals surface area contributed by atoms with Gasteiger partial charge in [0, 0.05) is 6.61 Å². The quantitative estimate of drug-likeness (QED) is 0.618. The molecule has 0 aromatic heterocycles. The van der Waals surface area contributed by atoms with Gasteiger partial charge in [-0.3, -0.25) is 0 Å². The van der Waals surface area contributed by atoms with Crippen LogP contribution in [0.4, 0.5) is 0 Å². The van der Waals surface area contributed by atoms with E-state index >= 15 is 0 Å². The molecule has 0 aliphatic heterocycles. The Morgan fingerprint density at radius 1 is 1.33 bits per heavy atom. The molecule has 0 aromatic rings. The summed E-state index contributed by atoms with van der Waals surface area (Å²) in [6.45, 7) is 6.75. The van der Waals surface area contributed by atoms with Gasteiger partial charge in [0.05, 0.1) is 0 Å². The summed E-state index contributed by atoms with van der Waals surface area (Å²) in [5.74, 6) is 0. The first kappa shape index (κ1) is 8.96. The maximum atomic E-state index is 8.92. The maximum Gasteiger partial charge on any atom is 0.0484 e. The van der Waals surface area contributed by atoms with Crippen LogP contribution in [-0.4, -0.2) is 11.7 Å². The molecule has 0 rings (SSSR count). The Hall–Kier alpha value is -0.0400. The second-order valence-corrected chi connectivity index (χ2v) is 3.07. The molecule has 1 unspecified atom stereocenters.